The van der Waals surface area contributed by atoms with Crippen LogP contribution in [0.15, 0.2) is 42.5 Å². The molecule has 0 spiro atoms. The molecule has 2 N–H and O–H groups in total. The monoisotopic (exact) mass is 350 g/mol. The van der Waals surface area contributed by atoms with Crippen LogP contribution in [0.1, 0.15) is 20.3 Å². The molecule has 1 atom stereocenters. The number of amides is 1. The van der Waals surface area contributed by atoms with E-state index in [0.717, 1.165) is 22.9 Å². The van der Waals surface area contributed by atoms with Crippen molar-refractivity contribution in [3.8, 4) is 5.75 Å². The Hall–Kier alpha value is -1.78. The average molecular weight is 351 g/mol. The summed E-state index contributed by atoms with van der Waals surface area (Å²) in [7, 11) is 1.79. The molecule has 0 aliphatic rings. The van der Waals surface area contributed by atoms with Gasteiger partial charge in [-0.3, -0.25) is 4.79 Å². The standard InChI is InChI=1S/C19H26N2O2.ClH/c1-14(2)17(20)11-12-21(3)19(22)13-23-18-10-6-8-15-7-4-5-9-16(15)18;/h4-10,14,17H,11-13,20H2,1-3H3;1H. The van der Waals surface area contributed by atoms with E-state index in [2.05, 4.69) is 13.8 Å². The zero-order valence-corrected chi connectivity index (χ0v) is 15.4. The van der Waals surface area contributed by atoms with Gasteiger partial charge in [0.2, 0.25) is 0 Å². The molecule has 0 aliphatic heterocycles. The minimum Gasteiger partial charge on any atom is -0.483 e. The molecule has 0 fully saturated rings. The van der Waals surface area contributed by atoms with E-state index in [0.29, 0.717) is 12.5 Å². The third-order valence-corrected chi connectivity index (χ3v) is 4.18. The summed E-state index contributed by atoms with van der Waals surface area (Å²) in [6.07, 6.45) is 0.800. The molecule has 132 valence electrons. The number of ether oxygens (including phenoxy) is 1. The molecular formula is C19H27ClN2O2. The Kier molecular flexibility index (Phi) is 8.02. The molecule has 0 aromatic heterocycles. The smallest absolute Gasteiger partial charge is 0.260 e. The van der Waals surface area contributed by atoms with E-state index >= 15 is 0 Å². The number of nitrogens with two attached hydrogens (primary N) is 1. The predicted octanol–water partition coefficient (Wildman–Crippen LogP) is 3.47. The van der Waals surface area contributed by atoms with Gasteiger partial charge >= 0.3 is 0 Å². The van der Waals surface area contributed by atoms with Crippen LogP contribution >= 0.6 is 12.4 Å². The number of benzene rings is 2. The van der Waals surface area contributed by atoms with Gasteiger partial charge < -0.3 is 15.4 Å². The highest BCUT2D eigenvalue weighted by Crippen LogP contribution is 2.25. The molecule has 24 heavy (non-hydrogen) atoms. The first-order valence-electron chi connectivity index (χ1n) is 8.09. The number of hydrogen-bond acceptors (Lipinski definition) is 3. The van der Waals surface area contributed by atoms with Crippen LogP contribution in [0.4, 0.5) is 0 Å². The number of hydrogen-bond donors (Lipinski definition) is 1. The van der Waals surface area contributed by atoms with Crippen molar-refractivity contribution in [2.45, 2.75) is 26.3 Å². The number of nitrogens with zero attached hydrogens (tertiary/aromatic N) is 1. The summed E-state index contributed by atoms with van der Waals surface area (Å²) >= 11 is 0. The van der Waals surface area contributed by atoms with Crippen molar-refractivity contribution in [2.24, 2.45) is 11.7 Å². The lowest BCUT2D eigenvalue weighted by molar-refractivity contribution is -0.132. The topological polar surface area (TPSA) is 55.6 Å². The minimum absolute atomic E-state index is 0. The number of carbonyl (C=O) groups excluding carboxylic acids is 1. The Balaban J connectivity index is 0.00000288. The van der Waals surface area contributed by atoms with Crippen LogP contribution in [0.5, 0.6) is 5.75 Å². The van der Waals surface area contributed by atoms with Crippen LogP contribution in [0, 0.1) is 5.92 Å². The lowest BCUT2D eigenvalue weighted by Crippen LogP contribution is -2.36. The van der Waals surface area contributed by atoms with Crippen molar-refractivity contribution in [3.05, 3.63) is 42.5 Å². The van der Waals surface area contributed by atoms with Crippen LogP contribution in [0.25, 0.3) is 10.8 Å². The summed E-state index contributed by atoms with van der Waals surface area (Å²) < 4.78 is 5.73. The third kappa shape index (κ3) is 5.39. The molecule has 0 radical (unpaired) electrons. The van der Waals surface area contributed by atoms with Gasteiger partial charge in [0.1, 0.15) is 5.75 Å². The molecule has 0 saturated carbocycles. The number of carbonyl (C=O) groups is 1. The fourth-order valence-electron chi connectivity index (χ4n) is 2.37. The quantitative estimate of drug-likeness (QED) is 0.831. The summed E-state index contributed by atoms with van der Waals surface area (Å²) in [6, 6.07) is 14.0. The van der Waals surface area contributed by atoms with E-state index in [1.54, 1.807) is 11.9 Å². The van der Waals surface area contributed by atoms with Crippen LogP contribution in [-0.2, 0) is 4.79 Å². The van der Waals surface area contributed by atoms with E-state index in [9.17, 15) is 4.79 Å². The second-order valence-electron chi connectivity index (χ2n) is 6.28. The molecule has 1 unspecified atom stereocenters. The van der Waals surface area contributed by atoms with Gasteiger partial charge in [-0.25, -0.2) is 0 Å². The molecule has 0 heterocycles. The van der Waals surface area contributed by atoms with Crippen LogP contribution < -0.4 is 10.5 Å². The van der Waals surface area contributed by atoms with Crippen molar-refractivity contribution in [2.75, 3.05) is 20.2 Å². The summed E-state index contributed by atoms with van der Waals surface area (Å²) in [4.78, 5) is 13.9. The van der Waals surface area contributed by atoms with Gasteiger partial charge in [0, 0.05) is 25.0 Å². The molecule has 0 aliphatic carbocycles. The van der Waals surface area contributed by atoms with Crippen molar-refractivity contribution in [3.63, 3.8) is 0 Å². The summed E-state index contributed by atoms with van der Waals surface area (Å²) in [5.41, 5.74) is 6.02. The second-order valence-corrected chi connectivity index (χ2v) is 6.28. The van der Waals surface area contributed by atoms with Gasteiger partial charge in [-0.15, -0.1) is 12.4 Å². The van der Waals surface area contributed by atoms with E-state index < -0.39 is 0 Å². The molecule has 1 amide bonds. The summed E-state index contributed by atoms with van der Waals surface area (Å²) in [6.45, 7) is 4.88. The van der Waals surface area contributed by atoms with Crippen molar-refractivity contribution in [1.29, 1.82) is 0 Å². The predicted molar refractivity (Wildman–Crippen MR) is 102 cm³/mol. The van der Waals surface area contributed by atoms with Crippen LogP contribution in [0.3, 0.4) is 0 Å². The zero-order chi connectivity index (χ0) is 16.8. The molecule has 4 nitrogen and oxygen atoms in total. The summed E-state index contributed by atoms with van der Waals surface area (Å²) in [5.74, 6) is 1.13. The second kappa shape index (κ2) is 9.50. The van der Waals surface area contributed by atoms with Crippen molar-refractivity contribution < 1.29 is 9.53 Å². The van der Waals surface area contributed by atoms with Gasteiger partial charge in [0.15, 0.2) is 6.61 Å². The Morgan fingerprint density at radius 3 is 2.54 bits per heavy atom. The first-order valence-corrected chi connectivity index (χ1v) is 8.09. The summed E-state index contributed by atoms with van der Waals surface area (Å²) in [5, 5.41) is 2.13. The normalized spacial score (nSPS) is 11.9. The van der Waals surface area contributed by atoms with E-state index in [1.807, 2.05) is 42.5 Å². The highest BCUT2D eigenvalue weighted by atomic mass is 35.5. The van der Waals surface area contributed by atoms with Crippen molar-refractivity contribution in [1.82, 2.24) is 4.90 Å². The first-order chi connectivity index (χ1) is 11.0. The third-order valence-electron chi connectivity index (χ3n) is 4.18. The fraction of sp³-hybridized carbons (Fsp3) is 0.421. The number of rotatable bonds is 7. The molecule has 2 rings (SSSR count). The number of fused-ring (bicyclic) bond motifs is 1. The maximum absolute atomic E-state index is 12.2. The first kappa shape index (κ1) is 20.3. The van der Waals surface area contributed by atoms with Gasteiger partial charge in [-0.1, -0.05) is 50.2 Å². The highest BCUT2D eigenvalue weighted by molar-refractivity contribution is 5.88. The molecule has 2 aromatic carbocycles. The maximum atomic E-state index is 12.2. The maximum Gasteiger partial charge on any atom is 0.260 e. The minimum atomic E-state index is -0.0334. The Labute approximate surface area is 150 Å². The molecule has 5 heteroatoms. The Morgan fingerprint density at radius 2 is 1.83 bits per heavy atom. The molecular weight excluding hydrogens is 324 g/mol. The molecule has 0 bridgehead atoms. The molecule has 0 saturated heterocycles. The van der Waals surface area contributed by atoms with E-state index in [4.69, 9.17) is 10.5 Å². The van der Waals surface area contributed by atoms with E-state index in [1.165, 1.54) is 0 Å². The highest BCUT2D eigenvalue weighted by Gasteiger charge is 2.13. The number of likely N-dealkylation sites (N-methyl/N-ethyl adjacent to an activating group) is 1. The SMILES string of the molecule is CC(C)C(N)CCN(C)C(=O)COc1cccc2ccccc12.Cl. The number of halogens is 1. The van der Waals surface area contributed by atoms with Gasteiger partial charge in [-0.2, -0.15) is 0 Å². The fourth-order valence-corrected chi connectivity index (χ4v) is 2.37. The van der Waals surface area contributed by atoms with Crippen molar-refractivity contribution >= 4 is 29.1 Å². The zero-order valence-electron chi connectivity index (χ0n) is 14.6. The largest absolute Gasteiger partial charge is 0.483 e. The lowest BCUT2D eigenvalue weighted by atomic mass is 10.0. The van der Waals surface area contributed by atoms with Gasteiger partial charge in [0.25, 0.3) is 5.91 Å². The molecule has 2 aromatic rings. The van der Waals surface area contributed by atoms with Gasteiger partial charge in [0.05, 0.1) is 0 Å². The van der Waals surface area contributed by atoms with Gasteiger partial charge in [-0.05, 0) is 23.8 Å². The van der Waals surface area contributed by atoms with E-state index in [-0.39, 0.29) is 31.0 Å². The Morgan fingerprint density at radius 1 is 1.17 bits per heavy atom. The average Bonchev–Trinajstić information content (AvgIpc) is 2.56. The van der Waals surface area contributed by atoms with Crippen LogP contribution in [-0.4, -0.2) is 37.0 Å². The van der Waals surface area contributed by atoms with Crippen LogP contribution in [0.2, 0.25) is 0 Å². The lowest BCUT2D eigenvalue weighted by Gasteiger charge is -2.21. The Bertz CT molecular complexity index is 655.